The van der Waals surface area contributed by atoms with Gasteiger partial charge in [0.15, 0.2) is 0 Å². The van der Waals surface area contributed by atoms with E-state index in [9.17, 15) is 9.59 Å². The fraction of sp³-hybridized carbons (Fsp3) is 0.545. The first-order valence-electron chi connectivity index (χ1n) is 5.30. The Bertz CT molecular complexity index is 334. The maximum Gasteiger partial charge on any atom is 0.237 e. The van der Waals surface area contributed by atoms with Crippen molar-refractivity contribution in [1.82, 2.24) is 4.90 Å². The molecule has 1 aliphatic heterocycles. The van der Waals surface area contributed by atoms with E-state index >= 15 is 0 Å². The van der Waals surface area contributed by atoms with E-state index in [1.807, 2.05) is 6.21 Å². The molecular weight excluding hydrogens is 206 g/mol. The lowest BCUT2D eigenvalue weighted by Gasteiger charge is -2.15. The SMILES string of the molecule is CN(CC(N)=O)C(=O)CCC1=CCCN=C1. The van der Waals surface area contributed by atoms with Gasteiger partial charge in [0.1, 0.15) is 0 Å². The molecule has 0 aromatic rings. The minimum absolute atomic E-state index is 0.0219. The molecule has 0 unspecified atom stereocenters. The quantitative estimate of drug-likeness (QED) is 0.718. The van der Waals surface area contributed by atoms with E-state index in [0.29, 0.717) is 12.8 Å². The lowest BCUT2D eigenvalue weighted by molar-refractivity contribution is -0.133. The summed E-state index contributed by atoms with van der Waals surface area (Å²) in [6.07, 6.45) is 5.91. The molecule has 0 bridgehead atoms. The summed E-state index contributed by atoms with van der Waals surface area (Å²) < 4.78 is 0. The van der Waals surface area contributed by atoms with Crippen molar-refractivity contribution in [3.63, 3.8) is 0 Å². The van der Waals surface area contributed by atoms with Crippen molar-refractivity contribution in [2.45, 2.75) is 19.3 Å². The number of nitrogens with two attached hydrogens (primary N) is 1. The van der Waals surface area contributed by atoms with Crippen LogP contribution in [-0.2, 0) is 9.59 Å². The molecule has 1 aliphatic rings. The van der Waals surface area contributed by atoms with Gasteiger partial charge in [-0.05, 0) is 18.4 Å². The van der Waals surface area contributed by atoms with Gasteiger partial charge in [0.05, 0.1) is 6.54 Å². The molecule has 1 heterocycles. The van der Waals surface area contributed by atoms with Gasteiger partial charge in [-0.2, -0.15) is 0 Å². The van der Waals surface area contributed by atoms with E-state index in [0.717, 1.165) is 18.5 Å². The number of carbonyl (C=O) groups is 2. The number of hydrogen-bond acceptors (Lipinski definition) is 3. The number of nitrogens with zero attached hydrogens (tertiary/aromatic N) is 2. The Hall–Kier alpha value is -1.65. The summed E-state index contributed by atoms with van der Waals surface area (Å²) >= 11 is 0. The Morgan fingerprint density at radius 1 is 1.56 bits per heavy atom. The van der Waals surface area contributed by atoms with E-state index < -0.39 is 5.91 Å². The smallest absolute Gasteiger partial charge is 0.237 e. The second-order valence-electron chi connectivity index (χ2n) is 3.82. The third-order valence-electron chi connectivity index (χ3n) is 2.37. The number of amides is 2. The van der Waals surface area contributed by atoms with Crippen molar-refractivity contribution < 1.29 is 9.59 Å². The molecule has 0 aromatic carbocycles. The van der Waals surface area contributed by atoms with Crippen LogP contribution in [0.4, 0.5) is 0 Å². The first-order valence-corrected chi connectivity index (χ1v) is 5.30. The molecule has 5 heteroatoms. The van der Waals surface area contributed by atoms with Crippen LogP contribution in [0, 0.1) is 0 Å². The fourth-order valence-corrected chi connectivity index (χ4v) is 1.49. The number of rotatable bonds is 5. The van der Waals surface area contributed by atoms with Crippen molar-refractivity contribution >= 4 is 18.0 Å². The Kier molecular flexibility index (Phi) is 4.69. The minimum atomic E-state index is -0.491. The van der Waals surface area contributed by atoms with Gasteiger partial charge >= 0.3 is 0 Å². The average Bonchev–Trinajstić information content (AvgIpc) is 2.26. The monoisotopic (exact) mass is 223 g/mol. The van der Waals surface area contributed by atoms with Crippen LogP contribution in [0.1, 0.15) is 19.3 Å². The summed E-state index contributed by atoms with van der Waals surface area (Å²) in [5.74, 6) is -0.562. The number of dihydropyridines is 1. The predicted octanol–water partition coefficient (Wildman–Crippen LogP) is 0.111. The van der Waals surface area contributed by atoms with E-state index in [2.05, 4.69) is 11.1 Å². The molecule has 0 aliphatic carbocycles. The van der Waals surface area contributed by atoms with Crippen LogP contribution in [0.2, 0.25) is 0 Å². The highest BCUT2D eigenvalue weighted by Gasteiger charge is 2.11. The van der Waals surface area contributed by atoms with Crippen LogP contribution in [0.3, 0.4) is 0 Å². The molecular formula is C11H17N3O2. The number of primary amides is 1. The second-order valence-corrected chi connectivity index (χ2v) is 3.82. The number of carbonyl (C=O) groups excluding carboxylic acids is 2. The minimum Gasteiger partial charge on any atom is -0.368 e. The fourth-order valence-electron chi connectivity index (χ4n) is 1.49. The number of allylic oxidation sites excluding steroid dienone is 1. The topological polar surface area (TPSA) is 75.8 Å². The highest BCUT2D eigenvalue weighted by molar-refractivity contribution is 5.85. The molecule has 0 radical (unpaired) electrons. The van der Waals surface area contributed by atoms with E-state index in [1.165, 1.54) is 4.90 Å². The van der Waals surface area contributed by atoms with Crippen LogP contribution in [0.25, 0.3) is 0 Å². The lowest BCUT2D eigenvalue weighted by Crippen LogP contribution is -2.35. The number of hydrogen-bond donors (Lipinski definition) is 1. The zero-order valence-electron chi connectivity index (χ0n) is 9.48. The normalized spacial score (nSPS) is 14.4. The van der Waals surface area contributed by atoms with Crippen molar-refractivity contribution in [3.05, 3.63) is 11.6 Å². The summed E-state index contributed by atoms with van der Waals surface area (Å²) in [5.41, 5.74) is 6.09. The van der Waals surface area contributed by atoms with Crippen LogP contribution < -0.4 is 5.73 Å². The average molecular weight is 223 g/mol. The number of likely N-dealkylation sites (N-methyl/N-ethyl adjacent to an activating group) is 1. The van der Waals surface area contributed by atoms with Crippen molar-refractivity contribution in [1.29, 1.82) is 0 Å². The summed E-state index contributed by atoms with van der Waals surface area (Å²) in [6, 6.07) is 0. The highest BCUT2D eigenvalue weighted by Crippen LogP contribution is 2.09. The standard InChI is InChI=1S/C11H17N3O2/c1-14(8-10(12)15)11(16)5-4-9-3-2-6-13-7-9/h3,7H,2,4-6,8H2,1H3,(H2,12,15). The maximum absolute atomic E-state index is 11.6. The van der Waals surface area contributed by atoms with Crippen LogP contribution in [0.15, 0.2) is 16.6 Å². The molecule has 1 rings (SSSR count). The highest BCUT2D eigenvalue weighted by atomic mass is 16.2. The van der Waals surface area contributed by atoms with Crippen molar-refractivity contribution in [2.24, 2.45) is 10.7 Å². The molecule has 2 amide bonds. The molecule has 0 fully saturated rings. The van der Waals surface area contributed by atoms with Crippen LogP contribution in [0.5, 0.6) is 0 Å². The maximum atomic E-state index is 11.6. The van der Waals surface area contributed by atoms with Gasteiger partial charge in [-0.3, -0.25) is 14.6 Å². The molecule has 2 N–H and O–H groups in total. The summed E-state index contributed by atoms with van der Waals surface area (Å²) in [5, 5.41) is 0. The van der Waals surface area contributed by atoms with E-state index in [4.69, 9.17) is 5.73 Å². The van der Waals surface area contributed by atoms with Crippen LogP contribution in [-0.4, -0.2) is 43.1 Å². The van der Waals surface area contributed by atoms with E-state index in [-0.39, 0.29) is 12.5 Å². The Morgan fingerprint density at radius 2 is 2.31 bits per heavy atom. The third kappa shape index (κ3) is 4.25. The Balaban J connectivity index is 2.31. The molecule has 16 heavy (non-hydrogen) atoms. The zero-order chi connectivity index (χ0) is 12.0. The predicted molar refractivity (Wildman–Crippen MR) is 62.1 cm³/mol. The third-order valence-corrected chi connectivity index (χ3v) is 2.37. The number of aliphatic imine (C=N–C) groups is 1. The van der Waals surface area contributed by atoms with Gasteiger partial charge in [0, 0.05) is 26.2 Å². The van der Waals surface area contributed by atoms with Gasteiger partial charge in [0.2, 0.25) is 11.8 Å². The van der Waals surface area contributed by atoms with Crippen molar-refractivity contribution in [3.8, 4) is 0 Å². The Labute approximate surface area is 95.0 Å². The molecule has 0 saturated heterocycles. The lowest BCUT2D eigenvalue weighted by atomic mass is 10.1. The molecule has 0 atom stereocenters. The zero-order valence-corrected chi connectivity index (χ0v) is 9.48. The first kappa shape index (κ1) is 12.4. The summed E-state index contributed by atoms with van der Waals surface area (Å²) in [4.78, 5) is 27.7. The van der Waals surface area contributed by atoms with Crippen molar-refractivity contribution in [2.75, 3.05) is 20.1 Å². The van der Waals surface area contributed by atoms with Gasteiger partial charge < -0.3 is 10.6 Å². The Morgan fingerprint density at radius 3 is 2.88 bits per heavy atom. The molecule has 0 spiro atoms. The molecule has 0 saturated carbocycles. The molecule has 0 aromatic heterocycles. The molecule has 5 nitrogen and oxygen atoms in total. The van der Waals surface area contributed by atoms with Gasteiger partial charge in [-0.25, -0.2) is 0 Å². The van der Waals surface area contributed by atoms with E-state index in [1.54, 1.807) is 7.05 Å². The van der Waals surface area contributed by atoms with Gasteiger partial charge in [-0.1, -0.05) is 6.08 Å². The van der Waals surface area contributed by atoms with Crippen LogP contribution >= 0.6 is 0 Å². The molecule has 88 valence electrons. The van der Waals surface area contributed by atoms with Gasteiger partial charge in [-0.15, -0.1) is 0 Å². The first-order chi connectivity index (χ1) is 7.59. The summed E-state index contributed by atoms with van der Waals surface area (Å²) in [6.45, 7) is 0.811. The summed E-state index contributed by atoms with van der Waals surface area (Å²) in [7, 11) is 1.58. The largest absolute Gasteiger partial charge is 0.368 e. The van der Waals surface area contributed by atoms with Gasteiger partial charge in [0.25, 0.3) is 0 Å². The second kappa shape index (κ2) is 6.05.